The number of nitrogens with two attached hydrogens (primary N) is 1. The van der Waals surface area contributed by atoms with Gasteiger partial charge in [-0.2, -0.15) is 0 Å². The molecule has 36 heavy (non-hydrogen) atoms. The first kappa shape index (κ1) is 27.1. The average molecular weight is 492 g/mol. The number of aryl methyl sites for hydroxylation is 1. The first-order chi connectivity index (χ1) is 17.4. The number of rotatable bonds is 13. The topological polar surface area (TPSA) is 107 Å². The minimum Gasteiger partial charge on any atom is -0.462 e. The van der Waals surface area contributed by atoms with E-state index in [1.807, 2.05) is 60.9 Å². The molecule has 0 aliphatic heterocycles. The Kier molecular flexibility index (Phi) is 9.82. The fourth-order valence-corrected chi connectivity index (χ4v) is 4.28. The molecular formula is C29H37N3O4. The molecule has 0 bridgehead atoms. The number of primary amides is 1. The monoisotopic (exact) mass is 491 g/mol. The van der Waals surface area contributed by atoms with E-state index in [1.165, 1.54) is 0 Å². The van der Waals surface area contributed by atoms with Crippen molar-refractivity contribution in [2.45, 2.75) is 71.9 Å². The second-order valence-corrected chi connectivity index (χ2v) is 9.00. The number of hydrogen-bond acceptors (Lipinski definition) is 5. The summed E-state index contributed by atoms with van der Waals surface area (Å²) < 4.78 is 7.26. The second kappa shape index (κ2) is 13.0. The molecule has 2 aromatic carbocycles. The van der Waals surface area contributed by atoms with Crippen LogP contribution in [0.2, 0.25) is 0 Å². The molecule has 192 valence electrons. The van der Waals surface area contributed by atoms with E-state index in [0.717, 1.165) is 48.2 Å². The molecule has 0 saturated carbocycles. The van der Waals surface area contributed by atoms with Crippen LogP contribution in [-0.4, -0.2) is 33.1 Å². The van der Waals surface area contributed by atoms with Gasteiger partial charge in [0.2, 0.25) is 0 Å². The number of amides is 1. The molecule has 1 unspecified atom stereocenters. The zero-order valence-electron chi connectivity index (χ0n) is 21.5. The highest BCUT2D eigenvalue weighted by Gasteiger charge is 2.25. The van der Waals surface area contributed by atoms with Crippen molar-refractivity contribution in [1.82, 2.24) is 9.55 Å². The van der Waals surface area contributed by atoms with Crippen LogP contribution in [-0.2, 0) is 17.7 Å². The number of unbranched alkanes of at least 4 members (excludes halogenated alkanes) is 1. The Balaban J connectivity index is 1.91. The highest BCUT2D eigenvalue weighted by molar-refractivity contribution is 5.97. The number of esters is 1. The van der Waals surface area contributed by atoms with Crippen molar-refractivity contribution in [3.63, 3.8) is 0 Å². The number of ether oxygens (including phenoxy) is 1. The van der Waals surface area contributed by atoms with Crippen LogP contribution in [0.4, 0.5) is 0 Å². The summed E-state index contributed by atoms with van der Waals surface area (Å²) >= 11 is 0. The lowest BCUT2D eigenvalue weighted by atomic mass is 9.98. The van der Waals surface area contributed by atoms with Gasteiger partial charge < -0.3 is 20.1 Å². The molecular weight excluding hydrogens is 454 g/mol. The van der Waals surface area contributed by atoms with Crippen molar-refractivity contribution < 1.29 is 19.4 Å². The maximum atomic E-state index is 12.6. The number of aromatic nitrogens is 2. The standard InChI is InChI=1S/C29H37N3O4/c1-4-7-18-36-29(35)23-13-9-8-12-22(23)21-16-14-20(15-17-21)19-32-25(11-6-3)31-26(24(33)10-5-2)27(32)28(30)34/h8-9,12-17,24,33H,4-7,10-11,18-19H2,1-3H3,(H2,30,34). The summed E-state index contributed by atoms with van der Waals surface area (Å²) in [7, 11) is 0. The number of nitrogens with zero attached hydrogens (tertiary/aromatic N) is 2. The second-order valence-electron chi connectivity index (χ2n) is 9.00. The number of aliphatic hydroxyl groups is 1. The Hall–Kier alpha value is -3.45. The Labute approximate surface area is 213 Å². The summed E-state index contributed by atoms with van der Waals surface area (Å²) in [6.07, 6.45) is 3.77. The summed E-state index contributed by atoms with van der Waals surface area (Å²) in [5.41, 5.74) is 9.57. The van der Waals surface area contributed by atoms with E-state index < -0.39 is 12.0 Å². The van der Waals surface area contributed by atoms with Crippen molar-refractivity contribution >= 4 is 11.9 Å². The third kappa shape index (κ3) is 6.40. The lowest BCUT2D eigenvalue weighted by molar-refractivity contribution is 0.0500. The molecule has 0 fully saturated rings. The minimum absolute atomic E-state index is 0.267. The number of imidazole rings is 1. The Bertz CT molecular complexity index is 1170. The number of benzene rings is 2. The molecule has 1 atom stereocenters. The van der Waals surface area contributed by atoms with Gasteiger partial charge in [0, 0.05) is 13.0 Å². The number of hydrogen-bond donors (Lipinski definition) is 2. The van der Waals surface area contributed by atoms with Gasteiger partial charge >= 0.3 is 5.97 Å². The van der Waals surface area contributed by atoms with E-state index in [-0.39, 0.29) is 11.7 Å². The van der Waals surface area contributed by atoms with E-state index in [1.54, 1.807) is 6.07 Å². The summed E-state index contributed by atoms with van der Waals surface area (Å²) in [6.45, 7) is 6.89. The summed E-state index contributed by atoms with van der Waals surface area (Å²) in [5, 5.41) is 10.6. The van der Waals surface area contributed by atoms with E-state index in [9.17, 15) is 14.7 Å². The average Bonchev–Trinajstić information content (AvgIpc) is 3.23. The van der Waals surface area contributed by atoms with E-state index in [4.69, 9.17) is 10.5 Å². The molecule has 0 aliphatic carbocycles. The van der Waals surface area contributed by atoms with Gasteiger partial charge in [-0.1, -0.05) is 76.1 Å². The minimum atomic E-state index is -0.828. The zero-order chi connectivity index (χ0) is 26.1. The quantitative estimate of drug-likeness (QED) is 0.244. The van der Waals surface area contributed by atoms with Crippen molar-refractivity contribution in [2.24, 2.45) is 5.73 Å². The molecule has 7 heteroatoms. The van der Waals surface area contributed by atoms with Gasteiger partial charge in [-0.05, 0) is 42.0 Å². The molecule has 3 aromatic rings. The van der Waals surface area contributed by atoms with Gasteiger partial charge in [0.1, 0.15) is 17.2 Å². The van der Waals surface area contributed by atoms with Crippen LogP contribution in [0.1, 0.15) is 96.9 Å². The highest BCUT2D eigenvalue weighted by Crippen LogP contribution is 2.27. The largest absolute Gasteiger partial charge is 0.462 e. The zero-order valence-corrected chi connectivity index (χ0v) is 21.5. The fourth-order valence-electron chi connectivity index (χ4n) is 4.28. The predicted molar refractivity (Wildman–Crippen MR) is 141 cm³/mol. The van der Waals surface area contributed by atoms with Crippen LogP contribution in [0, 0.1) is 0 Å². The van der Waals surface area contributed by atoms with Crippen molar-refractivity contribution in [1.29, 1.82) is 0 Å². The third-order valence-corrected chi connectivity index (χ3v) is 6.14. The van der Waals surface area contributed by atoms with E-state index in [0.29, 0.717) is 37.3 Å². The predicted octanol–water partition coefficient (Wildman–Crippen LogP) is 5.44. The smallest absolute Gasteiger partial charge is 0.338 e. The molecule has 0 aliphatic rings. The summed E-state index contributed by atoms with van der Waals surface area (Å²) in [4.78, 5) is 29.7. The molecule has 1 amide bonds. The van der Waals surface area contributed by atoms with Gasteiger partial charge in [-0.15, -0.1) is 0 Å². The molecule has 7 nitrogen and oxygen atoms in total. The van der Waals surface area contributed by atoms with Crippen molar-refractivity contribution in [3.8, 4) is 11.1 Å². The van der Waals surface area contributed by atoms with Gasteiger partial charge in [0.25, 0.3) is 5.91 Å². The molecule has 0 radical (unpaired) electrons. The Morgan fingerprint density at radius 3 is 2.39 bits per heavy atom. The third-order valence-electron chi connectivity index (χ3n) is 6.14. The van der Waals surface area contributed by atoms with Gasteiger partial charge in [0.15, 0.2) is 0 Å². The van der Waals surface area contributed by atoms with E-state index in [2.05, 4.69) is 11.9 Å². The first-order valence-electron chi connectivity index (χ1n) is 12.8. The number of aliphatic hydroxyl groups excluding tert-OH is 1. The first-order valence-corrected chi connectivity index (χ1v) is 12.8. The summed E-state index contributed by atoms with van der Waals surface area (Å²) in [5.74, 6) is -0.183. The van der Waals surface area contributed by atoms with Crippen LogP contribution in [0.15, 0.2) is 48.5 Å². The lowest BCUT2D eigenvalue weighted by Gasteiger charge is -2.13. The Morgan fingerprint density at radius 2 is 1.75 bits per heavy atom. The van der Waals surface area contributed by atoms with Gasteiger partial charge in [-0.3, -0.25) is 4.79 Å². The molecule has 1 aromatic heterocycles. The number of carbonyl (C=O) groups excluding carboxylic acids is 2. The highest BCUT2D eigenvalue weighted by atomic mass is 16.5. The van der Waals surface area contributed by atoms with Crippen LogP contribution >= 0.6 is 0 Å². The van der Waals surface area contributed by atoms with Gasteiger partial charge in [-0.25, -0.2) is 9.78 Å². The van der Waals surface area contributed by atoms with Crippen LogP contribution in [0.3, 0.4) is 0 Å². The van der Waals surface area contributed by atoms with Crippen molar-refractivity contribution in [3.05, 3.63) is 76.9 Å². The normalized spacial score (nSPS) is 11.9. The molecule has 0 spiro atoms. The van der Waals surface area contributed by atoms with Crippen LogP contribution < -0.4 is 5.73 Å². The van der Waals surface area contributed by atoms with Crippen LogP contribution in [0.5, 0.6) is 0 Å². The molecule has 3 N–H and O–H groups in total. The molecule has 1 heterocycles. The van der Waals surface area contributed by atoms with Crippen LogP contribution in [0.25, 0.3) is 11.1 Å². The molecule has 3 rings (SSSR count). The lowest BCUT2D eigenvalue weighted by Crippen LogP contribution is -2.21. The van der Waals surface area contributed by atoms with Gasteiger partial charge in [0.05, 0.1) is 18.3 Å². The van der Waals surface area contributed by atoms with Crippen molar-refractivity contribution in [2.75, 3.05) is 6.61 Å². The maximum Gasteiger partial charge on any atom is 0.338 e. The number of carbonyl (C=O) groups is 2. The summed E-state index contributed by atoms with van der Waals surface area (Å²) in [6, 6.07) is 15.3. The maximum absolute atomic E-state index is 12.6. The molecule has 0 saturated heterocycles. The fraction of sp³-hybridized carbons (Fsp3) is 0.414. The van der Waals surface area contributed by atoms with E-state index >= 15 is 0 Å². The SMILES string of the molecule is CCCCOC(=O)c1ccccc1-c1ccc(Cn2c(CCC)nc(C(O)CCC)c2C(N)=O)cc1. The Morgan fingerprint density at radius 1 is 1.03 bits per heavy atom.